The molecule has 0 fully saturated rings. The van der Waals surface area contributed by atoms with Crippen molar-refractivity contribution in [1.82, 2.24) is 10.2 Å². The molecule has 0 spiro atoms. The van der Waals surface area contributed by atoms with Crippen molar-refractivity contribution in [3.05, 3.63) is 35.9 Å². The Morgan fingerprint density at radius 2 is 2.00 bits per heavy atom. The zero-order valence-corrected chi connectivity index (χ0v) is 12.1. The summed E-state index contributed by atoms with van der Waals surface area (Å²) in [4.78, 5) is 24.5. The van der Waals surface area contributed by atoms with Crippen LogP contribution in [0.2, 0.25) is 0 Å². The average Bonchev–Trinajstić information content (AvgIpc) is 2.47. The maximum Gasteiger partial charge on any atom is 0.326 e. The van der Waals surface area contributed by atoms with Gasteiger partial charge in [0.1, 0.15) is 6.04 Å². The van der Waals surface area contributed by atoms with Crippen LogP contribution in [0.4, 0.5) is 4.79 Å². The third-order valence-corrected chi connectivity index (χ3v) is 2.99. The molecule has 0 aliphatic carbocycles. The molecule has 1 unspecified atom stereocenters. The highest BCUT2D eigenvalue weighted by Gasteiger charge is 2.22. The number of carbonyl (C=O) groups is 2. The van der Waals surface area contributed by atoms with Crippen molar-refractivity contribution in [3.63, 3.8) is 0 Å². The van der Waals surface area contributed by atoms with E-state index in [0.29, 0.717) is 0 Å². The molecule has 112 valence electrons. The summed E-state index contributed by atoms with van der Waals surface area (Å²) < 4.78 is 0. The van der Waals surface area contributed by atoms with Crippen LogP contribution >= 0.6 is 0 Å². The van der Waals surface area contributed by atoms with Gasteiger partial charge in [0.05, 0.1) is 12.0 Å². The van der Waals surface area contributed by atoms with Gasteiger partial charge in [-0.1, -0.05) is 30.3 Å². The molecule has 2 N–H and O–H groups in total. The highest BCUT2D eigenvalue weighted by molar-refractivity contribution is 5.82. The number of hydrogen-bond donors (Lipinski definition) is 2. The van der Waals surface area contributed by atoms with E-state index >= 15 is 0 Å². The second-order valence-corrected chi connectivity index (χ2v) is 4.94. The van der Waals surface area contributed by atoms with Crippen LogP contribution in [0.15, 0.2) is 30.3 Å². The number of aliphatic carboxylic acids is 1. The highest BCUT2D eigenvalue weighted by atomic mass is 16.4. The zero-order valence-electron chi connectivity index (χ0n) is 12.1. The number of amides is 2. The Kier molecular flexibility index (Phi) is 6.21. The minimum Gasteiger partial charge on any atom is -0.480 e. The molecule has 0 radical (unpaired) electrons. The van der Waals surface area contributed by atoms with E-state index in [4.69, 9.17) is 5.26 Å². The van der Waals surface area contributed by atoms with Gasteiger partial charge in [0, 0.05) is 20.0 Å². The molecule has 0 saturated heterocycles. The zero-order chi connectivity index (χ0) is 15.8. The van der Waals surface area contributed by atoms with Crippen molar-refractivity contribution in [2.75, 3.05) is 13.6 Å². The van der Waals surface area contributed by atoms with Gasteiger partial charge in [0.2, 0.25) is 0 Å². The Hall–Kier alpha value is -2.55. The van der Waals surface area contributed by atoms with E-state index in [2.05, 4.69) is 5.32 Å². The van der Waals surface area contributed by atoms with Gasteiger partial charge in [0.15, 0.2) is 0 Å². The van der Waals surface area contributed by atoms with Crippen LogP contribution in [0, 0.1) is 17.2 Å². The van der Waals surface area contributed by atoms with Gasteiger partial charge in [-0.3, -0.25) is 0 Å². The van der Waals surface area contributed by atoms with Gasteiger partial charge in [-0.15, -0.1) is 0 Å². The van der Waals surface area contributed by atoms with E-state index in [-0.39, 0.29) is 18.9 Å². The number of carboxylic acids is 1. The van der Waals surface area contributed by atoms with Crippen LogP contribution in [0.5, 0.6) is 0 Å². The third kappa shape index (κ3) is 5.53. The number of nitriles is 1. The summed E-state index contributed by atoms with van der Waals surface area (Å²) in [6, 6.07) is 9.62. The minimum absolute atomic E-state index is 0.212. The molecule has 0 aliphatic heterocycles. The molecule has 1 rings (SSSR count). The van der Waals surface area contributed by atoms with Gasteiger partial charge < -0.3 is 15.3 Å². The van der Waals surface area contributed by atoms with Gasteiger partial charge in [0.25, 0.3) is 0 Å². The third-order valence-electron chi connectivity index (χ3n) is 2.99. The molecule has 2 atom stereocenters. The molecule has 0 bridgehead atoms. The van der Waals surface area contributed by atoms with Crippen LogP contribution in [-0.4, -0.2) is 41.6 Å². The smallest absolute Gasteiger partial charge is 0.326 e. The summed E-state index contributed by atoms with van der Waals surface area (Å²) in [5.41, 5.74) is 0.832. The molecule has 1 aromatic rings. The fraction of sp³-hybridized carbons (Fsp3) is 0.400. The summed E-state index contributed by atoms with van der Waals surface area (Å²) in [5.74, 6) is -1.40. The lowest BCUT2D eigenvalue weighted by Gasteiger charge is -2.22. The molecular weight excluding hydrogens is 270 g/mol. The monoisotopic (exact) mass is 289 g/mol. The number of rotatable bonds is 6. The SMILES string of the molecule is CC(C#N)CN(C)C(=O)N[C@@H](Cc1ccccc1)C(=O)O. The molecule has 21 heavy (non-hydrogen) atoms. The molecular formula is C15H19N3O3. The summed E-state index contributed by atoms with van der Waals surface area (Å²) in [6.45, 7) is 1.95. The maximum atomic E-state index is 11.9. The topological polar surface area (TPSA) is 93.4 Å². The molecule has 0 aromatic heterocycles. The van der Waals surface area contributed by atoms with Crippen molar-refractivity contribution in [2.45, 2.75) is 19.4 Å². The van der Waals surface area contributed by atoms with Gasteiger partial charge in [-0.2, -0.15) is 5.26 Å². The lowest BCUT2D eigenvalue weighted by Crippen LogP contribution is -2.48. The fourth-order valence-corrected chi connectivity index (χ4v) is 1.84. The van der Waals surface area contributed by atoms with Crippen LogP contribution < -0.4 is 5.32 Å². The van der Waals surface area contributed by atoms with E-state index in [1.165, 1.54) is 11.9 Å². The van der Waals surface area contributed by atoms with E-state index in [1.807, 2.05) is 36.4 Å². The summed E-state index contributed by atoms with van der Waals surface area (Å²) in [5, 5.41) is 20.4. The Balaban J connectivity index is 2.64. The van der Waals surface area contributed by atoms with E-state index < -0.39 is 18.0 Å². The predicted octanol–water partition coefficient (Wildman–Crippen LogP) is 1.48. The predicted molar refractivity (Wildman–Crippen MR) is 77.5 cm³/mol. The number of carbonyl (C=O) groups excluding carboxylic acids is 1. The molecule has 6 nitrogen and oxygen atoms in total. The first-order valence-corrected chi connectivity index (χ1v) is 6.62. The number of nitrogens with zero attached hydrogens (tertiary/aromatic N) is 2. The van der Waals surface area contributed by atoms with Crippen LogP contribution in [-0.2, 0) is 11.2 Å². The van der Waals surface area contributed by atoms with E-state index in [1.54, 1.807) is 6.92 Å². The average molecular weight is 289 g/mol. The normalized spacial score (nSPS) is 12.8. The maximum absolute atomic E-state index is 11.9. The van der Waals surface area contributed by atoms with Gasteiger partial charge in [-0.25, -0.2) is 9.59 Å². The largest absolute Gasteiger partial charge is 0.480 e. The first-order valence-electron chi connectivity index (χ1n) is 6.62. The van der Waals surface area contributed by atoms with Gasteiger partial charge in [-0.05, 0) is 12.5 Å². The van der Waals surface area contributed by atoms with Crippen molar-refractivity contribution in [2.24, 2.45) is 5.92 Å². The quantitative estimate of drug-likeness (QED) is 0.829. The Morgan fingerprint density at radius 3 is 2.52 bits per heavy atom. The lowest BCUT2D eigenvalue weighted by molar-refractivity contribution is -0.139. The van der Waals surface area contributed by atoms with Crippen LogP contribution in [0.3, 0.4) is 0 Å². The van der Waals surface area contributed by atoms with Gasteiger partial charge >= 0.3 is 12.0 Å². The van der Waals surface area contributed by atoms with E-state index in [0.717, 1.165) is 5.56 Å². The first kappa shape index (κ1) is 16.5. The second kappa shape index (κ2) is 7.90. The standard InChI is InChI=1S/C15H19N3O3/c1-11(9-16)10-18(2)15(21)17-13(14(19)20)8-12-6-4-3-5-7-12/h3-7,11,13H,8,10H2,1-2H3,(H,17,21)(H,19,20)/t11?,13-/m0/s1. The summed E-state index contributed by atoms with van der Waals surface area (Å²) in [7, 11) is 1.53. The number of hydrogen-bond acceptors (Lipinski definition) is 3. The number of urea groups is 1. The van der Waals surface area contributed by atoms with Crippen molar-refractivity contribution in [1.29, 1.82) is 5.26 Å². The Morgan fingerprint density at radius 1 is 1.38 bits per heavy atom. The number of benzene rings is 1. The van der Waals surface area contributed by atoms with Crippen LogP contribution in [0.1, 0.15) is 12.5 Å². The van der Waals surface area contributed by atoms with Crippen molar-refractivity contribution >= 4 is 12.0 Å². The molecule has 1 aromatic carbocycles. The Bertz CT molecular complexity index is 525. The first-order chi connectivity index (χ1) is 9.93. The van der Waals surface area contributed by atoms with Crippen molar-refractivity contribution in [3.8, 4) is 6.07 Å². The summed E-state index contributed by atoms with van der Waals surface area (Å²) >= 11 is 0. The molecule has 2 amide bonds. The lowest BCUT2D eigenvalue weighted by atomic mass is 10.1. The van der Waals surface area contributed by atoms with Crippen LogP contribution in [0.25, 0.3) is 0 Å². The Labute approximate surface area is 124 Å². The van der Waals surface area contributed by atoms with Crippen molar-refractivity contribution < 1.29 is 14.7 Å². The van der Waals surface area contributed by atoms with E-state index in [9.17, 15) is 14.7 Å². The highest BCUT2D eigenvalue weighted by Crippen LogP contribution is 2.04. The molecule has 0 heterocycles. The second-order valence-electron chi connectivity index (χ2n) is 4.94. The molecule has 0 saturated carbocycles. The number of nitrogens with one attached hydrogen (secondary N) is 1. The minimum atomic E-state index is -1.09. The summed E-state index contributed by atoms with van der Waals surface area (Å²) in [6.07, 6.45) is 0.212. The fourth-order valence-electron chi connectivity index (χ4n) is 1.84. The molecule has 6 heteroatoms. The number of carboxylic acid groups (broad SMARTS) is 1. The molecule has 0 aliphatic rings.